The van der Waals surface area contributed by atoms with Crippen molar-refractivity contribution in [1.29, 1.82) is 0 Å². The highest BCUT2D eigenvalue weighted by Gasteiger charge is 2.42. The van der Waals surface area contributed by atoms with E-state index in [1.165, 1.54) is 7.11 Å². The summed E-state index contributed by atoms with van der Waals surface area (Å²) in [5, 5.41) is 6.98. The number of hydrogen-bond donors (Lipinski definition) is 2. The fourth-order valence-electron chi connectivity index (χ4n) is 5.22. The molecule has 39 heavy (non-hydrogen) atoms. The number of carbonyl (C=O) groups excluding carboxylic acids is 1. The van der Waals surface area contributed by atoms with Gasteiger partial charge in [-0.15, -0.1) is 0 Å². The number of nitrogens with zero attached hydrogens (tertiary/aromatic N) is 3. The Morgan fingerprint density at radius 3 is 2.51 bits per heavy atom. The van der Waals surface area contributed by atoms with Crippen molar-refractivity contribution in [3.8, 4) is 11.4 Å². The Bertz CT molecular complexity index is 1490. The SMILES string of the molecule is COCC(=O)Nc1ccc(N2C(=S)N[C@@H](c3ccccn3)[C@@H]2c2cc(C)n(-c3cccc(OC)c3)c2C)cc1. The summed E-state index contributed by atoms with van der Waals surface area (Å²) >= 11 is 5.90. The zero-order chi connectivity index (χ0) is 27.5. The van der Waals surface area contributed by atoms with Gasteiger partial charge in [0.15, 0.2) is 5.11 Å². The van der Waals surface area contributed by atoms with Crippen molar-refractivity contribution in [3.05, 3.63) is 102 Å². The van der Waals surface area contributed by atoms with Crippen molar-refractivity contribution in [2.75, 3.05) is 31.0 Å². The average molecular weight is 542 g/mol. The largest absolute Gasteiger partial charge is 0.497 e. The van der Waals surface area contributed by atoms with E-state index in [4.69, 9.17) is 21.7 Å². The third-order valence-electron chi connectivity index (χ3n) is 6.90. The molecule has 2 N–H and O–H groups in total. The Balaban J connectivity index is 1.58. The lowest BCUT2D eigenvalue weighted by molar-refractivity contribution is -0.119. The molecule has 0 aliphatic carbocycles. The van der Waals surface area contributed by atoms with Crippen LogP contribution < -0.4 is 20.3 Å². The minimum atomic E-state index is -0.207. The van der Waals surface area contributed by atoms with Crippen LogP contribution in [0.3, 0.4) is 0 Å². The Morgan fingerprint density at radius 2 is 1.82 bits per heavy atom. The van der Waals surface area contributed by atoms with Crippen molar-refractivity contribution in [2.24, 2.45) is 0 Å². The molecule has 0 unspecified atom stereocenters. The van der Waals surface area contributed by atoms with E-state index in [0.29, 0.717) is 10.8 Å². The smallest absolute Gasteiger partial charge is 0.250 e. The van der Waals surface area contributed by atoms with Crippen LogP contribution in [0.25, 0.3) is 5.69 Å². The van der Waals surface area contributed by atoms with Crippen molar-refractivity contribution < 1.29 is 14.3 Å². The topological polar surface area (TPSA) is 80.7 Å². The van der Waals surface area contributed by atoms with Crippen LogP contribution in [-0.2, 0) is 9.53 Å². The normalized spacial score (nSPS) is 16.7. The molecule has 9 heteroatoms. The number of benzene rings is 2. The van der Waals surface area contributed by atoms with E-state index in [-0.39, 0.29) is 24.6 Å². The Hall–Kier alpha value is -4.21. The van der Waals surface area contributed by atoms with Crippen LogP contribution in [0.15, 0.2) is 79.0 Å². The molecule has 1 saturated heterocycles. The second-order valence-electron chi connectivity index (χ2n) is 9.39. The van der Waals surface area contributed by atoms with Crippen molar-refractivity contribution in [2.45, 2.75) is 25.9 Å². The highest BCUT2D eigenvalue weighted by Crippen LogP contribution is 2.44. The van der Waals surface area contributed by atoms with E-state index >= 15 is 0 Å². The minimum Gasteiger partial charge on any atom is -0.497 e. The number of rotatable bonds is 8. The molecule has 3 heterocycles. The molecule has 0 radical (unpaired) electrons. The zero-order valence-corrected chi connectivity index (χ0v) is 23.2. The molecule has 0 bridgehead atoms. The van der Waals surface area contributed by atoms with Gasteiger partial charge < -0.3 is 29.6 Å². The van der Waals surface area contributed by atoms with Crippen molar-refractivity contribution in [3.63, 3.8) is 0 Å². The first-order valence-corrected chi connectivity index (χ1v) is 13.0. The maximum Gasteiger partial charge on any atom is 0.250 e. The van der Waals surface area contributed by atoms with Gasteiger partial charge in [-0.2, -0.15) is 0 Å². The number of carbonyl (C=O) groups is 1. The average Bonchev–Trinajstić information content (AvgIpc) is 3.44. The number of anilines is 2. The van der Waals surface area contributed by atoms with Gasteiger partial charge in [-0.25, -0.2) is 0 Å². The number of hydrogen-bond acceptors (Lipinski definition) is 5. The number of aromatic nitrogens is 2. The third kappa shape index (κ3) is 5.23. The Kier molecular flexibility index (Phi) is 7.63. The van der Waals surface area contributed by atoms with Crippen LogP contribution in [0.4, 0.5) is 11.4 Å². The lowest BCUT2D eigenvalue weighted by atomic mass is 9.96. The molecule has 1 amide bonds. The number of aryl methyl sites for hydroxylation is 1. The van der Waals surface area contributed by atoms with E-state index in [1.54, 1.807) is 13.3 Å². The summed E-state index contributed by atoms with van der Waals surface area (Å²) in [5.41, 5.74) is 6.87. The lowest BCUT2D eigenvalue weighted by Crippen LogP contribution is -2.29. The van der Waals surface area contributed by atoms with E-state index in [0.717, 1.165) is 39.8 Å². The van der Waals surface area contributed by atoms with Crippen LogP contribution in [0.1, 0.15) is 34.7 Å². The minimum absolute atomic E-state index is 0.00137. The van der Waals surface area contributed by atoms with Gasteiger partial charge in [-0.05, 0) is 86.2 Å². The van der Waals surface area contributed by atoms with Crippen LogP contribution >= 0.6 is 12.2 Å². The molecule has 1 aliphatic heterocycles. The van der Waals surface area contributed by atoms with Gasteiger partial charge in [-0.3, -0.25) is 9.78 Å². The van der Waals surface area contributed by atoms with Gasteiger partial charge in [0.05, 0.1) is 24.9 Å². The molecule has 2 atom stereocenters. The number of nitrogens with one attached hydrogen (secondary N) is 2. The van der Waals surface area contributed by atoms with Crippen LogP contribution in [-0.4, -0.2) is 41.4 Å². The quantitative estimate of drug-likeness (QED) is 0.295. The maximum absolute atomic E-state index is 12.0. The summed E-state index contributed by atoms with van der Waals surface area (Å²) < 4.78 is 12.6. The van der Waals surface area contributed by atoms with Crippen molar-refractivity contribution >= 4 is 34.6 Å². The predicted octanol–water partition coefficient (Wildman–Crippen LogP) is 5.26. The molecule has 2 aromatic heterocycles. The van der Waals surface area contributed by atoms with Gasteiger partial charge in [0.2, 0.25) is 5.91 Å². The molecule has 200 valence electrons. The molecule has 4 aromatic rings. The Labute approximate surface area is 233 Å². The molecule has 0 saturated carbocycles. The molecule has 1 fully saturated rings. The lowest BCUT2D eigenvalue weighted by Gasteiger charge is -2.28. The van der Waals surface area contributed by atoms with Gasteiger partial charge in [0, 0.05) is 47.8 Å². The number of ether oxygens (including phenoxy) is 2. The second kappa shape index (κ2) is 11.3. The van der Waals surface area contributed by atoms with E-state index in [2.05, 4.69) is 51.1 Å². The summed E-state index contributed by atoms with van der Waals surface area (Å²) in [6.07, 6.45) is 1.80. The summed E-state index contributed by atoms with van der Waals surface area (Å²) in [6, 6.07) is 23.5. The number of amides is 1. The molecular formula is C30H31N5O3S. The molecule has 8 nitrogen and oxygen atoms in total. The fourth-order valence-corrected chi connectivity index (χ4v) is 5.56. The number of thiocarbonyl (C=S) groups is 1. The third-order valence-corrected chi connectivity index (χ3v) is 7.22. The van der Waals surface area contributed by atoms with Gasteiger partial charge in [0.1, 0.15) is 12.4 Å². The Morgan fingerprint density at radius 1 is 1.03 bits per heavy atom. The summed E-state index contributed by atoms with van der Waals surface area (Å²) in [4.78, 5) is 18.8. The van der Waals surface area contributed by atoms with E-state index in [1.807, 2.05) is 60.7 Å². The molecular weight excluding hydrogens is 510 g/mol. The zero-order valence-electron chi connectivity index (χ0n) is 22.3. The van der Waals surface area contributed by atoms with Gasteiger partial charge in [0.25, 0.3) is 0 Å². The standard InChI is InChI=1S/C30H31N5O3S/c1-19-16-25(20(2)34(19)23-8-7-9-24(17-23)38-4)29-28(26-10-5-6-15-31-26)33-30(39)35(29)22-13-11-21(12-14-22)32-27(36)18-37-3/h5-17,28-29H,18H2,1-4H3,(H,32,36)(H,33,39)/t28-,29-/m0/s1. The maximum atomic E-state index is 12.0. The number of methoxy groups -OCH3 is 2. The highest BCUT2D eigenvalue weighted by atomic mass is 32.1. The fraction of sp³-hybridized carbons (Fsp3) is 0.233. The first-order chi connectivity index (χ1) is 18.9. The van der Waals surface area contributed by atoms with Crippen LogP contribution in [0.5, 0.6) is 5.75 Å². The van der Waals surface area contributed by atoms with E-state index < -0.39 is 0 Å². The first-order valence-electron chi connectivity index (χ1n) is 12.6. The van der Waals surface area contributed by atoms with E-state index in [9.17, 15) is 4.79 Å². The first kappa shape index (κ1) is 26.4. The molecule has 5 rings (SSSR count). The highest BCUT2D eigenvalue weighted by molar-refractivity contribution is 7.80. The van der Waals surface area contributed by atoms with Gasteiger partial charge >= 0.3 is 0 Å². The van der Waals surface area contributed by atoms with Crippen molar-refractivity contribution in [1.82, 2.24) is 14.9 Å². The molecule has 2 aromatic carbocycles. The summed E-state index contributed by atoms with van der Waals surface area (Å²) in [7, 11) is 3.17. The summed E-state index contributed by atoms with van der Waals surface area (Å²) in [5.74, 6) is 0.595. The van der Waals surface area contributed by atoms with Crippen LogP contribution in [0, 0.1) is 13.8 Å². The van der Waals surface area contributed by atoms with Crippen LogP contribution in [0.2, 0.25) is 0 Å². The second-order valence-corrected chi connectivity index (χ2v) is 9.77. The predicted molar refractivity (Wildman–Crippen MR) is 157 cm³/mol. The number of pyridine rings is 1. The summed E-state index contributed by atoms with van der Waals surface area (Å²) in [6.45, 7) is 4.23. The van der Waals surface area contributed by atoms with Gasteiger partial charge in [-0.1, -0.05) is 12.1 Å². The molecule has 1 aliphatic rings. The monoisotopic (exact) mass is 541 g/mol. The molecule has 0 spiro atoms.